The van der Waals surface area contributed by atoms with Crippen molar-refractivity contribution in [1.29, 1.82) is 0 Å². The number of nitrogens with one attached hydrogen (secondary N) is 2. The van der Waals surface area contributed by atoms with Gasteiger partial charge in [-0.1, -0.05) is 29.3 Å². The summed E-state index contributed by atoms with van der Waals surface area (Å²) in [5.41, 5.74) is 1.67. The van der Waals surface area contributed by atoms with Gasteiger partial charge in [-0.05, 0) is 55.0 Å². The Morgan fingerprint density at radius 2 is 1.79 bits per heavy atom. The zero-order valence-corrected chi connectivity index (χ0v) is 14.7. The molecule has 2 aromatic rings. The quantitative estimate of drug-likeness (QED) is 0.695. The highest BCUT2D eigenvalue weighted by Crippen LogP contribution is 2.21. The van der Waals surface area contributed by atoms with Gasteiger partial charge in [0.05, 0.1) is 10.6 Å². The Morgan fingerprint density at radius 3 is 2.38 bits per heavy atom. The van der Waals surface area contributed by atoms with E-state index in [-0.39, 0.29) is 15.7 Å². The highest BCUT2D eigenvalue weighted by molar-refractivity contribution is 7.80. The second-order valence-corrected chi connectivity index (χ2v) is 6.09. The number of hydrogen-bond donors (Lipinski definition) is 3. The van der Waals surface area contributed by atoms with Crippen molar-refractivity contribution in [2.24, 2.45) is 0 Å². The molecule has 24 heavy (non-hydrogen) atoms. The lowest BCUT2D eigenvalue weighted by Crippen LogP contribution is -2.34. The molecule has 1 amide bonds. The van der Waals surface area contributed by atoms with E-state index in [2.05, 4.69) is 10.6 Å². The van der Waals surface area contributed by atoms with Gasteiger partial charge < -0.3 is 10.4 Å². The van der Waals surface area contributed by atoms with Crippen molar-refractivity contribution in [3.63, 3.8) is 0 Å². The van der Waals surface area contributed by atoms with E-state index in [0.717, 1.165) is 5.56 Å². The summed E-state index contributed by atoms with van der Waals surface area (Å²) in [7, 11) is 0. The summed E-state index contributed by atoms with van der Waals surface area (Å²) >= 11 is 16.9. The highest BCUT2D eigenvalue weighted by Gasteiger charge is 2.12. The lowest BCUT2D eigenvalue weighted by molar-refractivity contribution is 0.0697. The van der Waals surface area contributed by atoms with Gasteiger partial charge in [-0.25, -0.2) is 4.79 Å². The van der Waals surface area contributed by atoms with Crippen molar-refractivity contribution in [2.75, 3.05) is 5.32 Å². The number of carbonyl (C=O) groups excluding carboxylic acids is 1. The lowest BCUT2D eigenvalue weighted by atomic mass is 10.1. The molecule has 2 rings (SSSR count). The number of rotatable bonds is 3. The fourth-order valence-electron chi connectivity index (χ4n) is 1.84. The van der Waals surface area contributed by atoms with E-state index in [1.165, 1.54) is 18.2 Å². The lowest BCUT2D eigenvalue weighted by Gasteiger charge is -2.11. The van der Waals surface area contributed by atoms with Crippen molar-refractivity contribution in [3.05, 3.63) is 63.1 Å². The van der Waals surface area contributed by atoms with Crippen LogP contribution in [0.1, 0.15) is 26.3 Å². The number of aromatic carboxylic acids is 1. The van der Waals surface area contributed by atoms with Crippen LogP contribution in [-0.4, -0.2) is 22.1 Å². The molecular weight excluding hydrogens is 371 g/mol. The predicted molar refractivity (Wildman–Crippen MR) is 98.3 cm³/mol. The fourth-order valence-corrected chi connectivity index (χ4v) is 2.49. The number of carboxylic acids is 1. The summed E-state index contributed by atoms with van der Waals surface area (Å²) in [6.45, 7) is 1.83. The predicted octanol–water partition coefficient (Wildman–Crippen LogP) is 4.13. The van der Waals surface area contributed by atoms with Crippen molar-refractivity contribution >= 4 is 58.1 Å². The number of halogens is 2. The molecule has 0 saturated heterocycles. The van der Waals surface area contributed by atoms with Crippen LogP contribution in [0.15, 0.2) is 36.4 Å². The number of aryl methyl sites for hydroxylation is 1. The number of carbonyl (C=O) groups is 2. The summed E-state index contributed by atoms with van der Waals surface area (Å²) in [5.74, 6) is -1.54. The normalized spacial score (nSPS) is 10.1. The van der Waals surface area contributed by atoms with Crippen LogP contribution in [-0.2, 0) is 0 Å². The molecule has 124 valence electrons. The van der Waals surface area contributed by atoms with E-state index >= 15 is 0 Å². The van der Waals surface area contributed by atoms with Crippen LogP contribution >= 0.6 is 35.4 Å². The maximum absolute atomic E-state index is 12.1. The van der Waals surface area contributed by atoms with Gasteiger partial charge in [-0.3, -0.25) is 10.1 Å². The van der Waals surface area contributed by atoms with Gasteiger partial charge in [-0.15, -0.1) is 0 Å². The summed E-state index contributed by atoms with van der Waals surface area (Å²) < 4.78 is 0. The first-order valence-electron chi connectivity index (χ1n) is 6.69. The molecule has 0 heterocycles. The molecule has 8 heteroatoms. The van der Waals surface area contributed by atoms with Crippen LogP contribution in [0.2, 0.25) is 10.0 Å². The van der Waals surface area contributed by atoms with Gasteiger partial charge in [0.15, 0.2) is 5.11 Å². The number of carboxylic acid groups (broad SMARTS) is 1. The molecule has 5 nitrogen and oxygen atoms in total. The number of thiocarbonyl (C=S) groups is 1. The molecule has 0 unspecified atom stereocenters. The van der Waals surface area contributed by atoms with Crippen LogP contribution in [0.3, 0.4) is 0 Å². The molecule has 0 aromatic heterocycles. The third kappa shape index (κ3) is 4.44. The molecule has 0 aliphatic heterocycles. The fraction of sp³-hybridized carbons (Fsp3) is 0.0625. The second kappa shape index (κ2) is 7.61. The first kappa shape index (κ1) is 18.2. The number of benzene rings is 2. The molecule has 0 fully saturated rings. The molecule has 3 N–H and O–H groups in total. The average Bonchev–Trinajstić information content (AvgIpc) is 2.49. The Morgan fingerprint density at radius 1 is 1.08 bits per heavy atom. The summed E-state index contributed by atoms with van der Waals surface area (Å²) in [5, 5.41) is 14.8. The second-order valence-electron chi connectivity index (χ2n) is 4.87. The Kier molecular flexibility index (Phi) is 5.77. The standard InChI is InChI=1S/C16H12Cl2N2O3S/c1-8-2-3-9(6-12(8)17)14(21)20-16(24)19-10-4-5-11(15(22)23)13(18)7-10/h2-7H,1H3,(H,22,23)(H2,19,20,21,24). The molecule has 0 atom stereocenters. The monoisotopic (exact) mass is 382 g/mol. The Labute approximate surface area is 153 Å². The molecule has 0 saturated carbocycles. The molecule has 0 spiro atoms. The summed E-state index contributed by atoms with van der Waals surface area (Å²) in [6, 6.07) is 9.17. The molecule has 0 aliphatic carbocycles. The SMILES string of the molecule is Cc1ccc(C(=O)NC(=S)Nc2ccc(C(=O)O)c(Cl)c2)cc1Cl. The van der Waals surface area contributed by atoms with Gasteiger partial charge in [0.1, 0.15) is 0 Å². The van der Waals surface area contributed by atoms with Crippen molar-refractivity contribution in [2.45, 2.75) is 6.92 Å². The topological polar surface area (TPSA) is 78.4 Å². The highest BCUT2D eigenvalue weighted by atomic mass is 35.5. The van der Waals surface area contributed by atoms with Crippen molar-refractivity contribution in [1.82, 2.24) is 5.32 Å². The van der Waals surface area contributed by atoms with E-state index in [9.17, 15) is 9.59 Å². The largest absolute Gasteiger partial charge is 0.478 e. The van der Waals surface area contributed by atoms with Crippen molar-refractivity contribution in [3.8, 4) is 0 Å². The summed E-state index contributed by atoms with van der Waals surface area (Å²) in [4.78, 5) is 23.0. The Bertz CT molecular complexity index is 840. The van der Waals surface area contributed by atoms with E-state index in [0.29, 0.717) is 16.3 Å². The average molecular weight is 383 g/mol. The van der Waals surface area contributed by atoms with Gasteiger partial charge in [0.2, 0.25) is 0 Å². The van der Waals surface area contributed by atoms with Crippen LogP contribution < -0.4 is 10.6 Å². The minimum atomic E-state index is -1.13. The van der Waals surface area contributed by atoms with Crippen LogP contribution in [0.5, 0.6) is 0 Å². The molecule has 2 aromatic carbocycles. The van der Waals surface area contributed by atoms with E-state index in [1.807, 2.05) is 6.92 Å². The zero-order chi connectivity index (χ0) is 17.9. The summed E-state index contributed by atoms with van der Waals surface area (Å²) in [6.07, 6.45) is 0. The first-order valence-corrected chi connectivity index (χ1v) is 7.85. The first-order chi connectivity index (χ1) is 11.3. The zero-order valence-electron chi connectivity index (χ0n) is 12.4. The Hall–Kier alpha value is -2.15. The van der Waals surface area contributed by atoms with Crippen LogP contribution in [0.4, 0.5) is 5.69 Å². The number of anilines is 1. The minimum absolute atomic E-state index is 0.0218. The minimum Gasteiger partial charge on any atom is -0.478 e. The smallest absolute Gasteiger partial charge is 0.337 e. The molecule has 0 radical (unpaired) electrons. The molecule has 0 bridgehead atoms. The third-order valence-electron chi connectivity index (χ3n) is 3.12. The maximum atomic E-state index is 12.1. The third-order valence-corrected chi connectivity index (χ3v) is 4.04. The van der Waals surface area contributed by atoms with E-state index in [4.69, 9.17) is 40.5 Å². The Balaban J connectivity index is 2.05. The molecular formula is C16H12Cl2N2O3S. The number of hydrogen-bond acceptors (Lipinski definition) is 3. The van der Waals surface area contributed by atoms with Gasteiger partial charge in [0.25, 0.3) is 5.91 Å². The number of amides is 1. The van der Waals surface area contributed by atoms with Gasteiger partial charge in [0, 0.05) is 16.3 Å². The van der Waals surface area contributed by atoms with Crippen molar-refractivity contribution < 1.29 is 14.7 Å². The molecule has 0 aliphatic rings. The van der Waals surface area contributed by atoms with Crippen LogP contribution in [0.25, 0.3) is 0 Å². The van der Waals surface area contributed by atoms with Gasteiger partial charge in [-0.2, -0.15) is 0 Å². The van der Waals surface area contributed by atoms with Gasteiger partial charge >= 0.3 is 5.97 Å². The van der Waals surface area contributed by atoms with E-state index < -0.39 is 11.9 Å². The van der Waals surface area contributed by atoms with E-state index in [1.54, 1.807) is 18.2 Å². The maximum Gasteiger partial charge on any atom is 0.337 e. The van der Waals surface area contributed by atoms with Crippen LogP contribution in [0, 0.1) is 6.92 Å².